The lowest BCUT2D eigenvalue weighted by molar-refractivity contribution is -0.167. The minimum absolute atomic E-state index is 0.0245. The van der Waals surface area contributed by atoms with Gasteiger partial charge in [-0.1, -0.05) is 60.7 Å². The van der Waals surface area contributed by atoms with E-state index < -0.39 is 18.3 Å². The Morgan fingerprint density at radius 1 is 0.735 bits per heavy atom. The van der Waals surface area contributed by atoms with Crippen LogP contribution >= 0.6 is 0 Å². The molecule has 0 heterocycles. The van der Waals surface area contributed by atoms with E-state index in [4.69, 9.17) is 23.7 Å². The lowest BCUT2D eigenvalue weighted by atomic mass is 10.1. The van der Waals surface area contributed by atoms with Gasteiger partial charge in [0.2, 0.25) is 0 Å². The van der Waals surface area contributed by atoms with Crippen molar-refractivity contribution < 1.29 is 33.3 Å². The van der Waals surface area contributed by atoms with Crippen molar-refractivity contribution in [1.29, 1.82) is 0 Å². The molecule has 0 spiro atoms. The van der Waals surface area contributed by atoms with E-state index in [-0.39, 0.29) is 19.8 Å². The van der Waals surface area contributed by atoms with E-state index in [0.29, 0.717) is 24.3 Å². The maximum atomic E-state index is 11.9. The molecule has 0 amide bonds. The van der Waals surface area contributed by atoms with Crippen molar-refractivity contribution in [2.24, 2.45) is 0 Å². The van der Waals surface area contributed by atoms with Crippen LogP contribution in [0, 0.1) is 0 Å². The second kappa shape index (κ2) is 13.8. The molecule has 0 unspecified atom stereocenters. The van der Waals surface area contributed by atoms with Crippen LogP contribution in [0.2, 0.25) is 0 Å². The van der Waals surface area contributed by atoms with Gasteiger partial charge in [-0.2, -0.15) is 0 Å². The average Bonchev–Trinajstić information content (AvgIpc) is 2.90. The lowest BCUT2D eigenvalue weighted by Gasteiger charge is -2.29. The molecule has 0 radical (unpaired) electrons. The van der Waals surface area contributed by atoms with Crippen molar-refractivity contribution in [2.75, 3.05) is 13.7 Å². The summed E-state index contributed by atoms with van der Waals surface area (Å²) in [6.07, 6.45) is -2.23. The predicted molar refractivity (Wildman–Crippen MR) is 126 cm³/mol. The van der Waals surface area contributed by atoms with E-state index in [2.05, 4.69) is 0 Å². The number of ether oxygens (including phenoxy) is 5. The van der Waals surface area contributed by atoms with Gasteiger partial charge in [-0.15, -0.1) is 0 Å². The molecular formula is C27H28O7. The fraction of sp³-hybridized carbons (Fsp3) is 0.259. The Morgan fingerprint density at radius 3 is 1.82 bits per heavy atom. The number of methoxy groups -OCH3 is 1. The van der Waals surface area contributed by atoms with Gasteiger partial charge in [-0.3, -0.25) is 4.79 Å². The molecule has 0 aliphatic heterocycles. The van der Waals surface area contributed by atoms with E-state index >= 15 is 0 Å². The van der Waals surface area contributed by atoms with Gasteiger partial charge in [0.25, 0.3) is 6.47 Å². The van der Waals surface area contributed by atoms with Crippen molar-refractivity contribution in [1.82, 2.24) is 0 Å². The monoisotopic (exact) mass is 464 g/mol. The summed E-state index contributed by atoms with van der Waals surface area (Å²) in [5, 5.41) is 0. The number of hydrogen-bond donors (Lipinski definition) is 0. The largest absolute Gasteiger partial charge is 0.497 e. The molecule has 0 bridgehead atoms. The SMILES string of the molecule is COc1ccc(OC[C@@H](OCc2ccccc2)[C@@H](OC=O)[C@@H](C=O)OCc2ccccc2)cc1. The molecule has 178 valence electrons. The minimum atomic E-state index is -1.05. The molecule has 3 atom stereocenters. The highest BCUT2D eigenvalue weighted by molar-refractivity contribution is 5.58. The summed E-state index contributed by atoms with van der Waals surface area (Å²) in [5.41, 5.74) is 1.81. The number of carbonyl (C=O) groups excluding carboxylic acids is 2. The smallest absolute Gasteiger partial charge is 0.293 e. The normalized spacial score (nSPS) is 13.3. The lowest BCUT2D eigenvalue weighted by Crippen LogP contribution is -2.46. The second-order valence-electron chi connectivity index (χ2n) is 7.42. The van der Waals surface area contributed by atoms with Crippen LogP contribution in [0.3, 0.4) is 0 Å². The highest BCUT2D eigenvalue weighted by Gasteiger charge is 2.34. The fourth-order valence-electron chi connectivity index (χ4n) is 3.28. The quantitative estimate of drug-likeness (QED) is 0.315. The third kappa shape index (κ3) is 7.72. The van der Waals surface area contributed by atoms with Crippen LogP contribution in [-0.2, 0) is 37.0 Å². The summed E-state index contributed by atoms with van der Waals surface area (Å²) in [7, 11) is 1.58. The van der Waals surface area contributed by atoms with Crippen molar-refractivity contribution >= 4 is 12.8 Å². The predicted octanol–water partition coefficient (Wildman–Crippen LogP) is 3.99. The Balaban J connectivity index is 1.74. The molecule has 0 aliphatic carbocycles. The fourth-order valence-corrected chi connectivity index (χ4v) is 3.28. The van der Waals surface area contributed by atoms with Gasteiger partial charge in [-0.25, -0.2) is 0 Å². The first-order valence-electron chi connectivity index (χ1n) is 10.9. The van der Waals surface area contributed by atoms with E-state index in [0.717, 1.165) is 11.1 Å². The number of benzene rings is 3. The summed E-state index contributed by atoms with van der Waals surface area (Å²) in [5.74, 6) is 1.27. The zero-order chi connectivity index (χ0) is 24.0. The standard InChI is InChI=1S/C27H28O7/c1-30-23-12-14-24(15-13-23)31-19-26(33-18-22-10-6-3-7-11-22)27(34-20-29)25(16-28)32-17-21-8-4-2-5-9-21/h2-16,20,25-27H,17-19H2,1H3/t25-,26-,27+/m1/s1. The van der Waals surface area contributed by atoms with Crippen LogP contribution in [0.5, 0.6) is 11.5 Å². The van der Waals surface area contributed by atoms with Gasteiger partial charge in [0.05, 0.1) is 20.3 Å². The Labute approximate surface area is 199 Å². The van der Waals surface area contributed by atoms with E-state index in [9.17, 15) is 9.59 Å². The highest BCUT2D eigenvalue weighted by Crippen LogP contribution is 2.20. The van der Waals surface area contributed by atoms with Crippen molar-refractivity contribution in [2.45, 2.75) is 31.5 Å². The van der Waals surface area contributed by atoms with Crippen LogP contribution in [0.4, 0.5) is 0 Å². The molecule has 3 aromatic rings. The van der Waals surface area contributed by atoms with E-state index in [1.165, 1.54) is 0 Å². The summed E-state index contributed by atoms with van der Waals surface area (Å²) in [6.45, 7) is 0.726. The molecule has 3 aromatic carbocycles. The molecular weight excluding hydrogens is 436 g/mol. The van der Waals surface area contributed by atoms with Crippen LogP contribution < -0.4 is 9.47 Å². The Bertz CT molecular complexity index is 977. The van der Waals surface area contributed by atoms with Gasteiger partial charge in [0.15, 0.2) is 18.5 Å². The van der Waals surface area contributed by atoms with Gasteiger partial charge in [-0.05, 0) is 35.4 Å². The molecule has 34 heavy (non-hydrogen) atoms. The molecule has 0 aliphatic rings. The third-order valence-electron chi connectivity index (χ3n) is 5.10. The number of aldehydes is 1. The maximum Gasteiger partial charge on any atom is 0.293 e. The van der Waals surface area contributed by atoms with Gasteiger partial charge < -0.3 is 28.5 Å². The third-order valence-corrected chi connectivity index (χ3v) is 5.10. The molecule has 3 rings (SSSR count). The summed E-state index contributed by atoms with van der Waals surface area (Å²) < 4.78 is 28.2. The minimum Gasteiger partial charge on any atom is -0.497 e. The van der Waals surface area contributed by atoms with Crippen molar-refractivity contribution in [3.63, 3.8) is 0 Å². The topological polar surface area (TPSA) is 80.3 Å². The zero-order valence-corrected chi connectivity index (χ0v) is 18.9. The number of hydrogen-bond acceptors (Lipinski definition) is 7. The van der Waals surface area contributed by atoms with Gasteiger partial charge in [0, 0.05) is 0 Å². The molecule has 7 heteroatoms. The Hall–Kier alpha value is -3.68. The molecule has 0 fully saturated rings. The summed E-state index contributed by atoms with van der Waals surface area (Å²) >= 11 is 0. The Morgan fingerprint density at radius 2 is 1.29 bits per heavy atom. The molecule has 0 aromatic heterocycles. The first kappa shape index (κ1) is 25.0. The van der Waals surface area contributed by atoms with Gasteiger partial charge in [0.1, 0.15) is 24.2 Å². The second-order valence-corrected chi connectivity index (χ2v) is 7.42. The number of rotatable bonds is 15. The zero-order valence-electron chi connectivity index (χ0n) is 18.9. The first-order valence-corrected chi connectivity index (χ1v) is 10.9. The van der Waals surface area contributed by atoms with Crippen molar-refractivity contribution in [3.05, 3.63) is 96.1 Å². The van der Waals surface area contributed by atoms with Crippen LogP contribution in [0.15, 0.2) is 84.9 Å². The number of carbonyl (C=O) groups is 2. The van der Waals surface area contributed by atoms with E-state index in [1.54, 1.807) is 31.4 Å². The van der Waals surface area contributed by atoms with Crippen LogP contribution in [-0.4, -0.2) is 44.8 Å². The average molecular weight is 465 g/mol. The molecule has 0 saturated heterocycles. The first-order chi connectivity index (χ1) is 16.7. The molecule has 0 N–H and O–H groups in total. The summed E-state index contributed by atoms with van der Waals surface area (Å²) in [4.78, 5) is 23.3. The summed E-state index contributed by atoms with van der Waals surface area (Å²) in [6, 6.07) is 26.0. The Kier molecular flexibility index (Phi) is 10.1. The van der Waals surface area contributed by atoms with E-state index in [1.807, 2.05) is 60.7 Å². The molecule has 0 saturated carbocycles. The van der Waals surface area contributed by atoms with Crippen LogP contribution in [0.1, 0.15) is 11.1 Å². The molecule has 7 nitrogen and oxygen atoms in total. The van der Waals surface area contributed by atoms with Crippen LogP contribution in [0.25, 0.3) is 0 Å². The van der Waals surface area contributed by atoms with Crippen molar-refractivity contribution in [3.8, 4) is 11.5 Å². The highest BCUT2D eigenvalue weighted by atomic mass is 16.6. The maximum absolute atomic E-state index is 11.9. The van der Waals surface area contributed by atoms with Gasteiger partial charge >= 0.3 is 0 Å².